The lowest BCUT2D eigenvalue weighted by atomic mass is 9.88. The molecule has 3 aromatic rings. The number of aromatic nitrogens is 1. The van der Waals surface area contributed by atoms with Crippen LogP contribution in [-0.2, 0) is 23.2 Å². The van der Waals surface area contributed by atoms with E-state index in [0.29, 0.717) is 6.42 Å². The van der Waals surface area contributed by atoms with Crippen LogP contribution in [0.5, 0.6) is 11.5 Å². The molecule has 0 atom stereocenters. The van der Waals surface area contributed by atoms with E-state index < -0.39 is 5.41 Å². The second-order valence-corrected chi connectivity index (χ2v) is 8.04. The Balaban J connectivity index is 1.35. The molecule has 0 amide bonds. The van der Waals surface area contributed by atoms with Gasteiger partial charge in [-0.15, -0.1) is 0 Å². The second-order valence-electron chi connectivity index (χ2n) is 8.04. The number of Topliss-reactive ketones (excluding diaryl/α,β-unsaturated/α-hetero) is 1. The summed E-state index contributed by atoms with van der Waals surface area (Å²) in [7, 11) is 0. The van der Waals surface area contributed by atoms with Crippen molar-refractivity contribution in [1.29, 1.82) is 0 Å². The number of hydrogen-bond donors (Lipinski definition) is 1. The maximum absolute atomic E-state index is 13.2. The number of hydrogen-bond acceptors (Lipinski definition) is 5. The lowest BCUT2D eigenvalue weighted by molar-refractivity contribution is -0.120. The maximum atomic E-state index is 13.2. The molecule has 0 bridgehead atoms. The van der Waals surface area contributed by atoms with Crippen molar-refractivity contribution in [1.82, 2.24) is 4.98 Å². The first-order chi connectivity index (χ1) is 14.6. The molecule has 1 N–H and O–H groups in total. The largest absolute Gasteiger partial charge is 0.454 e. The van der Waals surface area contributed by atoms with Gasteiger partial charge in [-0.2, -0.15) is 0 Å². The van der Waals surface area contributed by atoms with Crippen LogP contribution in [0.3, 0.4) is 0 Å². The molecule has 152 valence electrons. The summed E-state index contributed by atoms with van der Waals surface area (Å²) in [5, 5.41) is 9.22. The quantitative estimate of drug-likeness (QED) is 0.673. The van der Waals surface area contributed by atoms with Crippen molar-refractivity contribution in [3.63, 3.8) is 0 Å². The van der Waals surface area contributed by atoms with E-state index in [-0.39, 0.29) is 19.2 Å². The Morgan fingerprint density at radius 1 is 1.03 bits per heavy atom. The molecule has 2 aliphatic rings. The van der Waals surface area contributed by atoms with Crippen LogP contribution < -0.4 is 9.47 Å². The van der Waals surface area contributed by atoms with Crippen molar-refractivity contribution < 1.29 is 19.4 Å². The van der Waals surface area contributed by atoms with E-state index in [4.69, 9.17) is 14.5 Å². The Hall–Kier alpha value is -3.18. The Kier molecular flexibility index (Phi) is 4.55. The van der Waals surface area contributed by atoms with Crippen molar-refractivity contribution in [2.75, 3.05) is 6.79 Å². The third-order valence-electron chi connectivity index (χ3n) is 6.14. The molecule has 2 heterocycles. The van der Waals surface area contributed by atoms with Crippen LogP contribution in [0.25, 0.3) is 11.1 Å². The number of rotatable bonds is 6. The van der Waals surface area contributed by atoms with Gasteiger partial charge in [0.2, 0.25) is 6.79 Å². The van der Waals surface area contributed by atoms with Crippen LogP contribution in [-0.4, -0.2) is 22.7 Å². The standard InChI is InChI=1S/C25H23NO4/c1-16-21(18-4-2-17(14-27)3-5-18)8-7-20(26-16)13-24(28)25(10-11-25)19-6-9-22-23(12-19)30-15-29-22/h2-9,12,27H,10-11,13-15H2,1H3. The van der Waals surface area contributed by atoms with E-state index in [1.807, 2.05) is 61.5 Å². The van der Waals surface area contributed by atoms with Gasteiger partial charge >= 0.3 is 0 Å². The summed E-state index contributed by atoms with van der Waals surface area (Å²) < 4.78 is 10.9. The average molecular weight is 401 g/mol. The fraction of sp³-hybridized carbons (Fsp3) is 0.280. The van der Waals surface area contributed by atoms with E-state index in [1.165, 1.54) is 0 Å². The third kappa shape index (κ3) is 3.25. The molecule has 0 saturated heterocycles. The molecule has 0 unspecified atom stereocenters. The fourth-order valence-electron chi connectivity index (χ4n) is 4.19. The molecular formula is C25H23NO4. The van der Waals surface area contributed by atoms with Crippen molar-refractivity contribution in [2.45, 2.75) is 38.2 Å². The fourth-order valence-corrected chi connectivity index (χ4v) is 4.19. The number of aryl methyl sites for hydroxylation is 1. The van der Waals surface area contributed by atoms with Crippen molar-refractivity contribution in [3.8, 4) is 22.6 Å². The molecule has 5 nitrogen and oxygen atoms in total. The minimum absolute atomic E-state index is 0.0314. The number of pyridine rings is 1. The Morgan fingerprint density at radius 3 is 2.50 bits per heavy atom. The number of ether oxygens (including phenoxy) is 2. The van der Waals surface area contributed by atoms with Crippen molar-refractivity contribution >= 4 is 5.78 Å². The minimum atomic E-state index is -0.421. The number of aliphatic hydroxyl groups is 1. The zero-order chi connectivity index (χ0) is 20.7. The van der Waals surface area contributed by atoms with E-state index in [2.05, 4.69) is 0 Å². The summed E-state index contributed by atoms with van der Waals surface area (Å²) in [6.45, 7) is 2.23. The molecule has 0 radical (unpaired) electrons. The van der Waals surface area contributed by atoms with Gasteiger partial charge in [0.25, 0.3) is 0 Å². The van der Waals surface area contributed by atoms with Crippen LogP contribution in [0, 0.1) is 6.92 Å². The highest BCUT2D eigenvalue weighted by molar-refractivity contribution is 5.94. The van der Waals surface area contributed by atoms with Crippen LogP contribution in [0.15, 0.2) is 54.6 Å². The number of carbonyl (C=O) groups excluding carboxylic acids is 1. The van der Waals surface area contributed by atoms with Crippen LogP contribution in [0.1, 0.15) is 35.4 Å². The monoisotopic (exact) mass is 401 g/mol. The normalized spacial score (nSPS) is 15.8. The van der Waals surface area contributed by atoms with E-state index in [0.717, 1.165) is 58.0 Å². The highest BCUT2D eigenvalue weighted by atomic mass is 16.7. The number of fused-ring (bicyclic) bond motifs is 1. The van der Waals surface area contributed by atoms with Gasteiger partial charge in [-0.3, -0.25) is 9.78 Å². The van der Waals surface area contributed by atoms with Gasteiger partial charge in [0.05, 0.1) is 12.0 Å². The maximum Gasteiger partial charge on any atom is 0.231 e. The van der Waals surface area contributed by atoms with E-state index in [1.54, 1.807) is 0 Å². The Morgan fingerprint density at radius 2 is 1.80 bits per heavy atom. The molecule has 1 aromatic heterocycles. The SMILES string of the molecule is Cc1nc(CC(=O)C2(c3ccc4c(c3)OCO4)CC2)ccc1-c1ccc(CO)cc1. The minimum Gasteiger partial charge on any atom is -0.454 e. The molecule has 1 aliphatic carbocycles. The van der Waals surface area contributed by atoms with Gasteiger partial charge in [-0.25, -0.2) is 0 Å². The zero-order valence-electron chi connectivity index (χ0n) is 16.9. The van der Waals surface area contributed by atoms with Crippen LogP contribution in [0.4, 0.5) is 0 Å². The summed E-state index contributed by atoms with van der Waals surface area (Å²) >= 11 is 0. The predicted molar refractivity (Wildman–Crippen MR) is 113 cm³/mol. The lowest BCUT2D eigenvalue weighted by Crippen LogP contribution is -2.23. The van der Waals surface area contributed by atoms with Crippen LogP contribution >= 0.6 is 0 Å². The first-order valence-electron chi connectivity index (χ1n) is 10.2. The summed E-state index contributed by atoms with van der Waals surface area (Å²) in [6.07, 6.45) is 2.04. The second kappa shape index (κ2) is 7.26. The third-order valence-corrected chi connectivity index (χ3v) is 6.14. The molecule has 1 saturated carbocycles. The smallest absolute Gasteiger partial charge is 0.231 e. The molecule has 30 heavy (non-hydrogen) atoms. The van der Waals surface area contributed by atoms with Gasteiger partial charge in [-0.1, -0.05) is 36.4 Å². The molecule has 5 rings (SSSR count). The molecule has 0 spiro atoms. The van der Waals surface area contributed by atoms with E-state index in [9.17, 15) is 9.90 Å². The summed E-state index contributed by atoms with van der Waals surface area (Å²) in [5.41, 5.74) is 5.24. The zero-order valence-corrected chi connectivity index (χ0v) is 16.9. The first kappa shape index (κ1) is 18.8. The van der Waals surface area contributed by atoms with Gasteiger partial charge in [-0.05, 0) is 54.7 Å². The topological polar surface area (TPSA) is 68.7 Å². The number of benzene rings is 2. The molecule has 2 aromatic carbocycles. The molecule has 1 aliphatic heterocycles. The number of nitrogens with zero attached hydrogens (tertiary/aromatic N) is 1. The summed E-state index contributed by atoms with van der Waals surface area (Å²) in [4.78, 5) is 17.9. The highest BCUT2D eigenvalue weighted by Gasteiger charge is 2.50. The van der Waals surface area contributed by atoms with Crippen LogP contribution in [0.2, 0.25) is 0 Å². The van der Waals surface area contributed by atoms with Gasteiger partial charge < -0.3 is 14.6 Å². The first-order valence-corrected chi connectivity index (χ1v) is 10.2. The predicted octanol–water partition coefficient (Wildman–Crippen LogP) is 4.12. The molecule has 1 fully saturated rings. The average Bonchev–Trinajstić information content (AvgIpc) is 3.45. The van der Waals surface area contributed by atoms with E-state index >= 15 is 0 Å². The van der Waals surface area contributed by atoms with Gasteiger partial charge in [0.15, 0.2) is 11.5 Å². The lowest BCUT2D eigenvalue weighted by Gasteiger charge is -2.15. The Labute approximate surface area is 175 Å². The Bertz CT molecular complexity index is 1120. The molecular weight excluding hydrogens is 378 g/mol. The summed E-state index contributed by atoms with van der Waals surface area (Å²) in [6, 6.07) is 17.6. The number of aliphatic hydroxyl groups excluding tert-OH is 1. The highest BCUT2D eigenvalue weighted by Crippen LogP contribution is 2.51. The molecule has 5 heteroatoms. The number of ketones is 1. The number of carbonyl (C=O) groups is 1. The van der Waals surface area contributed by atoms with Crippen molar-refractivity contribution in [2.24, 2.45) is 0 Å². The van der Waals surface area contributed by atoms with Gasteiger partial charge in [0, 0.05) is 23.4 Å². The summed E-state index contributed by atoms with van der Waals surface area (Å²) in [5.74, 6) is 1.66. The van der Waals surface area contributed by atoms with Gasteiger partial charge in [0.1, 0.15) is 5.78 Å². The van der Waals surface area contributed by atoms with Crippen molar-refractivity contribution in [3.05, 3.63) is 77.1 Å².